The summed E-state index contributed by atoms with van der Waals surface area (Å²) in [5.41, 5.74) is 2.10. The highest BCUT2D eigenvalue weighted by Gasteiger charge is 2.56. The van der Waals surface area contributed by atoms with E-state index < -0.39 is 60.7 Å². The molecule has 3 saturated heterocycles. The van der Waals surface area contributed by atoms with Gasteiger partial charge in [0, 0.05) is 74.7 Å². The Kier molecular flexibility index (Phi) is 16.6. The SMILES string of the molecule is CC(CC(=O)c1ccc2c(n1)N(C(=O)Nc1cc(-c3ccn(C)n3)ccn1)[C@H]1CCN2C1)C(F)(F)F.C[C@@H](CC(=O)c1ccc2c(n1)N(C(=O)Nc1cc(Br)ccn1)[C@H]1CCN2C1)C(F)(F)F.Cn1cc[n+](B2OC(C)(C)C(C)(C)O2)c1. The third-order valence-electron chi connectivity index (χ3n) is 15.2. The molecular formula is C54H61BBrF6N14O6+. The summed E-state index contributed by atoms with van der Waals surface area (Å²) in [4.78, 5) is 75.7. The molecule has 4 atom stereocenters. The maximum Gasteiger partial charge on any atom is 0.726 e. The number of nitrogens with one attached hydrogen (secondary N) is 2. The van der Waals surface area contributed by atoms with Crippen LogP contribution in [0.2, 0.25) is 0 Å². The second-order valence-corrected chi connectivity index (χ2v) is 22.8. The van der Waals surface area contributed by atoms with Gasteiger partial charge in [-0.1, -0.05) is 29.8 Å². The molecule has 11 heterocycles. The van der Waals surface area contributed by atoms with Crippen molar-refractivity contribution < 1.29 is 59.3 Å². The first kappa shape index (κ1) is 59.2. The summed E-state index contributed by atoms with van der Waals surface area (Å²) in [6.45, 7) is 12.8. The number of Topliss-reactive ketones (excluding diaryl/α,β-unsaturated/α-hetero) is 2. The molecule has 0 aliphatic carbocycles. The number of amides is 4. The number of hydrogen-bond donors (Lipinski definition) is 2. The van der Waals surface area contributed by atoms with Gasteiger partial charge < -0.3 is 19.1 Å². The van der Waals surface area contributed by atoms with E-state index in [0.29, 0.717) is 55.5 Å². The van der Waals surface area contributed by atoms with Gasteiger partial charge in [-0.15, -0.1) is 0 Å². The van der Waals surface area contributed by atoms with Gasteiger partial charge in [0.25, 0.3) is 0 Å². The molecule has 20 nitrogen and oxygen atoms in total. The van der Waals surface area contributed by atoms with Crippen molar-refractivity contribution in [1.82, 2.24) is 34.3 Å². The highest BCUT2D eigenvalue weighted by molar-refractivity contribution is 9.10. The van der Waals surface area contributed by atoms with Gasteiger partial charge in [-0.25, -0.2) is 38.6 Å². The first-order valence-corrected chi connectivity index (χ1v) is 27.2. The van der Waals surface area contributed by atoms with Crippen LogP contribution in [0.1, 0.15) is 88.2 Å². The van der Waals surface area contributed by atoms with Crippen LogP contribution >= 0.6 is 15.9 Å². The number of hydrogen-bond acceptors (Lipinski definition) is 13. The number of carbonyl (C=O) groups excluding carboxylic acids is 4. The van der Waals surface area contributed by atoms with Crippen LogP contribution in [0.15, 0.2) is 96.4 Å². The number of pyridine rings is 4. The zero-order chi connectivity index (χ0) is 59.2. The zero-order valence-corrected chi connectivity index (χ0v) is 47.8. The summed E-state index contributed by atoms with van der Waals surface area (Å²) in [7, 11) is 3.46. The summed E-state index contributed by atoms with van der Waals surface area (Å²) in [5.74, 6) is -3.82. The van der Waals surface area contributed by atoms with E-state index in [4.69, 9.17) is 9.31 Å². The number of aromatic nitrogens is 8. The smallest absolute Gasteiger partial charge is 0.366 e. The van der Waals surface area contributed by atoms with Crippen LogP contribution in [0.4, 0.5) is 70.6 Å². The number of halogens is 7. The Morgan fingerprint density at radius 1 is 0.720 bits per heavy atom. The molecule has 6 aromatic heterocycles. The molecule has 2 N–H and O–H groups in total. The molecule has 28 heteroatoms. The maximum atomic E-state index is 13.4. The van der Waals surface area contributed by atoms with E-state index >= 15 is 0 Å². The monoisotopic (exact) mass is 1210 g/mol. The molecule has 0 spiro atoms. The predicted octanol–water partition coefficient (Wildman–Crippen LogP) is 9.67. The standard InChI is InChI=1S/C24H24F3N7O2.C20H19BrF3N5O2.C10H18BN2O2/c1-14(24(25,26)27)11-20(35)18-3-4-19-22(29-18)34(16-6-10-33(19)13-16)23(36)30-21-12-15(5-8-28-21)17-7-9-32(2)31-17;1-11(20(22,23)24)8-16(30)14-2-3-15-18(26-14)29(13-5-7-28(15)10-13)19(31)27-17-9-12(21)4-6-25-17;1-9(2)10(3,4)15-11(14-9)13-7-6-12(5)8-13/h3-5,7-9,12,14,16H,6,10-11,13H2,1-2H3,(H,28,30,36);2-4,6,9,11,13H,5,7-8,10H2,1H3,(H,25,27,31);6-8H,1-5H3/q;;+1/t14?,16-;11-,13-;/m00./s1. The molecule has 3 fully saturated rings. The number of fused-ring (bicyclic) bond motifs is 8. The van der Waals surface area contributed by atoms with Crippen molar-refractivity contribution in [2.45, 2.75) is 103 Å². The zero-order valence-electron chi connectivity index (χ0n) is 46.2. The Labute approximate surface area is 477 Å². The van der Waals surface area contributed by atoms with Crippen molar-refractivity contribution in [1.29, 1.82) is 0 Å². The molecule has 4 bridgehead atoms. The minimum absolute atomic E-state index is 0.0873. The molecule has 82 heavy (non-hydrogen) atoms. The van der Waals surface area contributed by atoms with Crippen LogP contribution in [0.25, 0.3) is 11.3 Å². The molecular weight excluding hydrogens is 1150 g/mol. The summed E-state index contributed by atoms with van der Waals surface area (Å²) < 4.78 is 95.6. The fourth-order valence-electron chi connectivity index (χ4n) is 9.82. The van der Waals surface area contributed by atoms with E-state index in [0.717, 1.165) is 36.1 Å². The molecule has 434 valence electrons. The maximum absolute atomic E-state index is 13.4. The van der Waals surface area contributed by atoms with E-state index in [2.05, 4.69) is 89.1 Å². The lowest BCUT2D eigenvalue weighted by atomic mass is 9.90. The van der Waals surface area contributed by atoms with E-state index in [1.807, 2.05) is 54.1 Å². The van der Waals surface area contributed by atoms with E-state index in [-0.39, 0.29) is 53.6 Å². The largest absolute Gasteiger partial charge is 0.726 e. The Morgan fingerprint density at radius 2 is 1.21 bits per heavy atom. The third-order valence-corrected chi connectivity index (χ3v) is 15.7. The number of ketones is 2. The van der Waals surface area contributed by atoms with Crippen LogP contribution in [-0.4, -0.2) is 127 Å². The Balaban J connectivity index is 0.000000160. The number of urea groups is 2. The number of imidazole rings is 1. The van der Waals surface area contributed by atoms with Gasteiger partial charge in [0.15, 0.2) is 23.2 Å². The van der Waals surface area contributed by atoms with Gasteiger partial charge in [0.05, 0.1) is 59.2 Å². The lowest BCUT2D eigenvalue weighted by Crippen LogP contribution is -2.52. The van der Waals surface area contributed by atoms with E-state index in [9.17, 15) is 45.5 Å². The van der Waals surface area contributed by atoms with Crippen LogP contribution < -0.4 is 34.7 Å². The number of alkyl halides is 6. The lowest BCUT2D eigenvalue weighted by molar-refractivity contribution is -0.562. The number of nitrogens with zero attached hydrogens (tertiary/aromatic N) is 12. The quantitative estimate of drug-likeness (QED) is 0.0747. The highest BCUT2D eigenvalue weighted by atomic mass is 79.9. The number of anilines is 6. The number of carbonyl (C=O) groups is 4. The normalized spacial score (nSPS) is 19.0. The second-order valence-electron chi connectivity index (χ2n) is 21.8. The van der Waals surface area contributed by atoms with Gasteiger partial charge in [-0.05, 0) is 95.1 Å². The van der Waals surface area contributed by atoms with Crippen LogP contribution in [0, 0.1) is 11.8 Å². The van der Waals surface area contributed by atoms with Gasteiger partial charge in [0.1, 0.15) is 35.4 Å². The Morgan fingerprint density at radius 3 is 1.65 bits per heavy atom. The molecule has 11 rings (SSSR count). The van der Waals surface area contributed by atoms with Crippen molar-refractivity contribution in [3.05, 3.63) is 108 Å². The second kappa shape index (κ2) is 23.1. The highest BCUT2D eigenvalue weighted by Crippen LogP contribution is 2.42. The molecule has 4 amide bonds. The summed E-state index contributed by atoms with van der Waals surface area (Å²) in [5, 5.41) is 9.89. The van der Waals surface area contributed by atoms with E-state index in [1.54, 1.807) is 47.3 Å². The first-order chi connectivity index (χ1) is 38.5. The van der Waals surface area contributed by atoms with Gasteiger partial charge >= 0.3 is 31.7 Å². The summed E-state index contributed by atoms with van der Waals surface area (Å²) in [6.07, 6.45) is 1.84. The van der Waals surface area contributed by atoms with Crippen molar-refractivity contribution in [3.63, 3.8) is 0 Å². The minimum atomic E-state index is -4.47. The van der Waals surface area contributed by atoms with Gasteiger partial charge in [0.2, 0.25) is 6.33 Å². The fourth-order valence-corrected chi connectivity index (χ4v) is 10.2. The average molecular weight is 1210 g/mol. The average Bonchev–Trinajstić information content (AvgIpc) is 4.28. The Bertz CT molecular complexity index is 3360. The lowest BCUT2D eigenvalue weighted by Gasteiger charge is -2.35. The van der Waals surface area contributed by atoms with Crippen LogP contribution in [0.5, 0.6) is 0 Å². The predicted molar refractivity (Wildman–Crippen MR) is 297 cm³/mol. The van der Waals surface area contributed by atoms with Crippen LogP contribution in [-0.2, 0) is 23.4 Å². The van der Waals surface area contributed by atoms with Crippen LogP contribution in [0.3, 0.4) is 0 Å². The fraction of sp³-hybridized carbons (Fsp3) is 0.444. The molecule has 1 unspecified atom stereocenters. The van der Waals surface area contributed by atoms with Crippen molar-refractivity contribution in [2.24, 2.45) is 25.9 Å². The number of rotatable bonds is 10. The van der Waals surface area contributed by atoms with Gasteiger partial charge in [-0.3, -0.25) is 34.7 Å². The van der Waals surface area contributed by atoms with Crippen molar-refractivity contribution in [2.75, 3.05) is 56.4 Å². The number of aryl methyl sites for hydroxylation is 2. The molecule has 0 saturated carbocycles. The van der Waals surface area contributed by atoms with Crippen molar-refractivity contribution in [3.8, 4) is 11.3 Å². The molecule has 0 radical (unpaired) electrons. The summed E-state index contributed by atoms with van der Waals surface area (Å²) >= 11 is 3.32. The molecule has 0 aromatic carbocycles. The third kappa shape index (κ3) is 12.9. The molecule has 5 aliphatic rings. The van der Waals surface area contributed by atoms with E-state index in [1.165, 1.54) is 28.1 Å². The molecule has 6 aromatic rings. The topological polar surface area (TPSA) is 202 Å². The minimum Gasteiger partial charge on any atom is -0.366 e. The van der Waals surface area contributed by atoms with Crippen molar-refractivity contribution >= 4 is 81.5 Å². The first-order valence-electron chi connectivity index (χ1n) is 26.4. The molecule has 5 aliphatic heterocycles. The summed E-state index contributed by atoms with van der Waals surface area (Å²) in [6, 6.07) is 13.6. The Hall–Kier alpha value is -7.46. The van der Waals surface area contributed by atoms with Gasteiger partial charge in [-0.2, -0.15) is 31.4 Å².